The molecule has 2 heterocycles. The molecule has 156 valence electrons. The molecule has 1 aromatic heterocycles. The largest absolute Gasteiger partial charge is 0.435 e. The lowest BCUT2D eigenvalue weighted by molar-refractivity contribution is -0.141. The summed E-state index contributed by atoms with van der Waals surface area (Å²) in [4.78, 5) is 2.04. The molecular formula is C22H18F5N3. The number of benzene rings is 2. The summed E-state index contributed by atoms with van der Waals surface area (Å²) in [7, 11) is 1.91. The number of hydrogen-bond acceptors (Lipinski definition) is 3. The average Bonchev–Trinajstić information content (AvgIpc) is 2.85. The van der Waals surface area contributed by atoms with Crippen LogP contribution in [0.15, 0.2) is 48.5 Å². The molecule has 0 radical (unpaired) electrons. The molecule has 0 amide bonds. The number of fused-ring (bicyclic) bond motifs is 1. The first kappa shape index (κ1) is 20.4. The van der Waals surface area contributed by atoms with E-state index in [-0.39, 0.29) is 5.56 Å². The third-order valence-electron chi connectivity index (χ3n) is 5.36. The zero-order valence-corrected chi connectivity index (χ0v) is 16.0. The van der Waals surface area contributed by atoms with E-state index in [0.29, 0.717) is 30.8 Å². The predicted molar refractivity (Wildman–Crippen MR) is 102 cm³/mol. The Labute approximate surface area is 170 Å². The summed E-state index contributed by atoms with van der Waals surface area (Å²) < 4.78 is 67.2. The Hall–Kier alpha value is -2.87. The number of nitrogens with zero attached hydrogens (tertiary/aromatic N) is 3. The summed E-state index contributed by atoms with van der Waals surface area (Å²) in [5, 5.41) is 6.98. The van der Waals surface area contributed by atoms with Crippen LogP contribution < -0.4 is 0 Å². The van der Waals surface area contributed by atoms with Gasteiger partial charge in [0.05, 0.1) is 5.69 Å². The van der Waals surface area contributed by atoms with E-state index >= 15 is 0 Å². The van der Waals surface area contributed by atoms with Crippen molar-refractivity contribution in [1.82, 2.24) is 15.1 Å². The first-order chi connectivity index (χ1) is 14.2. The van der Waals surface area contributed by atoms with Gasteiger partial charge < -0.3 is 4.90 Å². The molecule has 1 unspecified atom stereocenters. The number of rotatable bonds is 2. The van der Waals surface area contributed by atoms with E-state index in [1.807, 2.05) is 11.9 Å². The van der Waals surface area contributed by atoms with Crippen molar-refractivity contribution in [3.05, 3.63) is 82.5 Å². The highest BCUT2D eigenvalue weighted by atomic mass is 19.4. The van der Waals surface area contributed by atoms with Gasteiger partial charge in [0.15, 0.2) is 5.69 Å². The fourth-order valence-corrected chi connectivity index (χ4v) is 3.90. The van der Waals surface area contributed by atoms with Gasteiger partial charge in [-0.25, -0.2) is 8.78 Å². The fraction of sp³-hybridized carbons (Fsp3) is 0.273. The van der Waals surface area contributed by atoms with Crippen LogP contribution in [-0.4, -0.2) is 28.7 Å². The molecule has 4 rings (SSSR count). The van der Waals surface area contributed by atoms with E-state index in [2.05, 4.69) is 10.2 Å². The molecule has 3 aromatic rings. The zero-order chi connectivity index (χ0) is 21.5. The highest BCUT2D eigenvalue weighted by molar-refractivity contribution is 5.61. The Kier molecular flexibility index (Phi) is 5.27. The van der Waals surface area contributed by atoms with E-state index in [1.165, 1.54) is 24.3 Å². The molecule has 2 aromatic carbocycles. The van der Waals surface area contributed by atoms with Crippen LogP contribution in [0.1, 0.15) is 34.7 Å². The molecule has 0 saturated carbocycles. The number of alkyl halides is 3. The minimum atomic E-state index is -4.56. The van der Waals surface area contributed by atoms with Crippen LogP contribution >= 0.6 is 0 Å². The molecule has 0 spiro atoms. The average molecular weight is 419 g/mol. The van der Waals surface area contributed by atoms with Crippen molar-refractivity contribution in [2.45, 2.75) is 25.1 Å². The van der Waals surface area contributed by atoms with Crippen molar-refractivity contribution in [1.29, 1.82) is 0 Å². The second-order valence-corrected chi connectivity index (χ2v) is 7.43. The van der Waals surface area contributed by atoms with Crippen LogP contribution in [0.25, 0.3) is 11.3 Å². The second kappa shape index (κ2) is 7.75. The van der Waals surface area contributed by atoms with Gasteiger partial charge in [-0.15, -0.1) is 10.2 Å². The summed E-state index contributed by atoms with van der Waals surface area (Å²) in [6, 6.07) is 11.3. The van der Waals surface area contributed by atoms with Crippen LogP contribution in [0.2, 0.25) is 0 Å². The van der Waals surface area contributed by atoms with Gasteiger partial charge in [-0.1, -0.05) is 18.2 Å². The van der Waals surface area contributed by atoms with Crippen LogP contribution in [0.4, 0.5) is 22.0 Å². The molecular weight excluding hydrogens is 401 g/mol. The van der Waals surface area contributed by atoms with Crippen molar-refractivity contribution in [3.8, 4) is 11.3 Å². The zero-order valence-electron chi connectivity index (χ0n) is 16.0. The summed E-state index contributed by atoms with van der Waals surface area (Å²) in [6.45, 7) is 1.19. The van der Waals surface area contributed by atoms with Crippen molar-refractivity contribution in [2.75, 3.05) is 13.6 Å². The highest BCUT2D eigenvalue weighted by Gasteiger charge is 2.33. The molecule has 1 atom stereocenters. The van der Waals surface area contributed by atoms with Gasteiger partial charge >= 0.3 is 6.18 Å². The standard InChI is InChI=1S/C22H18F5N3/c1-30-10-9-16(21-17(23)3-2-4-18(21)24)15-6-5-13(11-14(15)12-30)19-7-8-20(29-28-19)22(25,26)27/h2-8,11,16H,9-10,12H2,1H3. The minimum absolute atomic E-state index is 0.0381. The monoisotopic (exact) mass is 419 g/mol. The predicted octanol–water partition coefficient (Wildman–Crippen LogP) is 5.41. The Bertz CT molecular complexity index is 1040. The summed E-state index contributed by atoms with van der Waals surface area (Å²) in [5.74, 6) is -1.64. The van der Waals surface area contributed by atoms with Gasteiger partial charge in [-0.3, -0.25) is 0 Å². The normalized spacial score (nSPS) is 17.5. The minimum Gasteiger partial charge on any atom is -0.302 e. The molecule has 0 N–H and O–H groups in total. The molecule has 3 nitrogen and oxygen atoms in total. The fourth-order valence-electron chi connectivity index (χ4n) is 3.90. The number of halogens is 5. The second-order valence-electron chi connectivity index (χ2n) is 7.43. The van der Waals surface area contributed by atoms with Gasteiger partial charge in [0.25, 0.3) is 0 Å². The topological polar surface area (TPSA) is 29.0 Å². The van der Waals surface area contributed by atoms with Gasteiger partial charge in [-0.05, 0) is 61.5 Å². The molecule has 0 fully saturated rings. The van der Waals surface area contributed by atoms with E-state index in [1.54, 1.807) is 18.2 Å². The van der Waals surface area contributed by atoms with Crippen LogP contribution in [0.3, 0.4) is 0 Å². The Morgan fingerprint density at radius 1 is 0.967 bits per heavy atom. The van der Waals surface area contributed by atoms with Gasteiger partial charge in [0.1, 0.15) is 11.6 Å². The van der Waals surface area contributed by atoms with Gasteiger partial charge in [0.2, 0.25) is 0 Å². The first-order valence-electron chi connectivity index (χ1n) is 9.40. The van der Waals surface area contributed by atoms with Crippen molar-refractivity contribution in [2.24, 2.45) is 0 Å². The number of aromatic nitrogens is 2. The Balaban J connectivity index is 1.76. The Morgan fingerprint density at radius 3 is 2.33 bits per heavy atom. The summed E-state index contributed by atoms with van der Waals surface area (Å²) in [5.41, 5.74) is 1.52. The van der Waals surface area contributed by atoms with E-state index < -0.39 is 29.4 Å². The maximum atomic E-state index is 14.5. The van der Waals surface area contributed by atoms with Gasteiger partial charge in [-0.2, -0.15) is 13.2 Å². The molecule has 8 heteroatoms. The highest BCUT2D eigenvalue weighted by Crippen LogP contribution is 2.38. The van der Waals surface area contributed by atoms with Crippen molar-refractivity contribution in [3.63, 3.8) is 0 Å². The third kappa shape index (κ3) is 3.92. The smallest absolute Gasteiger partial charge is 0.302 e. The lowest BCUT2D eigenvalue weighted by Gasteiger charge is -2.20. The van der Waals surface area contributed by atoms with Gasteiger partial charge in [0, 0.05) is 23.6 Å². The lowest BCUT2D eigenvalue weighted by atomic mass is 9.85. The molecule has 30 heavy (non-hydrogen) atoms. The van der Waals surface area contributed by atoms with Crippen molar-refractivity contribution >= 4 is 0 Å². The molecule has 0 saturated heterocycles. The lowest BCUT2D eigenvalue weighted by Crippen LogP contribution is -2.17. The maximum absolute atomic E-state index is 14.5. The van der Waals surface area contributed by atoms with E-state index in [0.717, 1.165) is 17.2 Å². The van der Waals surface area contributed by atoms with E-state index in [9.17, 15) is 22.0 Å². The summed E-state index contributed by atoms with van der Waals surface area (Å²) >= 11 is 0. The quantitative estimate of drug-likeness (QED) is 0.521. The van der Waals surface area contributed by atoms with Crippen LogP contribution in [0, 0.1) is 11.6 Å². The van der Waals surface area contributed by atoms with E-state index in [4.69, 9.17) is 0 Å². The molecule has 1 aliphatic heterocycles. The van der Waals surface area contributed by atoms with Crippen LogP contribution in [-0.2, 0) is 12.7 Å². The third-order valence-corrected chi connectivity index (χ3v) is 5.36. The SMILES string of the molecule is CN1CCC(c2c(F)cccc2F)c2ccc(-c3ccc(C(F)(F)F)nn3)cc2C1. The Morgan fingerprint density at radius 2 is 1.70 bits per heavy atom. The maximum Gasteiger partial charge on any atom is 0.435 e. The van der Waals surface area contributed by atoms with Crippen molar-refractivity contribution < 1.29 is 22.0 Å². The van der Waals surface area contributed by atoms with Crippen LogP contribution in [0.5, 0.6) is 0 Å². The number of hydrogen-bond donors (Lipinski definition) is 0. The molecule has 0 bridgehead atoms. The summed E-state index contributed by atoms with van der Waals surface area (Å²) in [6.07, 6.45) is -4.01. The first-order valence-corrected chi connectivity index (χ1v) is 9.40. The molecule has 0 aliphatic carbocycles. The molecule has 1 aliphatic rings.